The highest BCUT2D eigenvalue weighted by molar-refractivity contribution is 5.94. The fraction of sp³-hybridized carbons (Fsp3) is 0.192. The molecule has 4 aromatic rings. The van der Waals surface area contributed by atoms with Crippen molar-refractivity contribution in [3.63, 3.8) is 0 Å². The van der Waals surface area contributed by atoms with Gasteiger partial charge in [-0.15, -0.1) is 10.2 Å². The molecule has 0 aliphatic rings. The molecule has 3 aromatic carbocycles. The molecule has 1 aromatic heterocycles. The van der Waals surface area contributed by atoms with Gasteiger partial charge in [-0.05, 0) is 68.3 Å². The maximum Gasteiger partial charge on any atom is 0.251 e. The number of carbonyl (C=O) groups is 1. The molecule has 0 radical (unpaired) electrons. The van der Waals surface area contributed by atoms with Crippen LogP contribution in [-0.4, -0.2) is 29.8 Å². The Morgan fingerprint density at radius 1 is 0.875 bits per heavy atom. The van der Waals surface area contributed by atoms with E-state index in [4.69, 9.17) is 9.15 Å². The number of amides is 1. The lowest BCUT2D eigenvalue weighted by atomic mass is 10.1. The fourth-order valence-electron chi connectivity index (χ4n) is 3.43. The zero-order chi connectivity index (χ0) is 22.5. The summed E-state index contributed by atoms with van der Waals surface area (Å²) in [5.74, 6) is 1.58. The SMILES string of the molecule is COc1ccc(C)cc1CCNC(=O)c1ccc(-c2nnc(-c3ccc(C)cc3)o2)cc1. The predicted molar refractivity (Wildman–Crippen MR) is 124 cm³/mol. The van der Waals surface area contributed by atoms with Gasteiger partial charge in [-0.1, -0.05) is 35.4 Å². The maximum absolute atomic E-state index is 12.5. The summed E-state index contributed by atoms with van der Waals surface area (Å²) in [6.07, 6.45) is 0.693. The van der Waals surface area contributed by atoms with Crippen molar-refractivity contribution in [3.8, 4) is 28.7 Å². The highest BCUT2D eigenvalue weighted by Crippen LogP contribution is 2.24. The minimum absolute atomic E-state index is 0.131. The van der Waals surface area contributed by atoms with Gasteiger partial charge in [-0.2, -0.15) is 0 Å². The molecule has 162 valence electrons. The van der Waals surface area contributed by atoms with Crippen molar-refractivity contribution in [2.45, 2.75) is 20.3 Å². The Bertz CT molecular complexity index is 1210. The van der Waals surface area contributed by atoms with Crippen molar-refractivity contribution in [2.75, 3.05) is 13.7 Å². The van der Waals surface area contributed by atoms with Crippen LogP contribution in [0.25, 0.3) is 22.9 Å². The lowest BCUT2D eigenvalue weighted by Gasteiger charge is -2.10. The summed E-state index contributed by atoms with van der Waals surface area (Å²) < 4.78 is 11.2. The van der Waals surface area contributed by atoms with Gasteiger partial charge in [0.1, 0.15) is 5.75 Å². The van der Waals surface area contributed by atoms with Crippen LogP contribution in [0.4, 0.5) is 0 Å². The molecule has 6 nitrogen and oxygen atoms in total. The number of aromatic nitrogens is 2. The van der Waals surface area contributed by atoms with E-state index in [0.717, 1.165) is 28.0 Å². The summed E-state index contributed by atoms with van der Waals surface area (Å²) in [6, 6.07) is 21.1. The maximum atomic E-state index is 12.5. The Hall–Kier alpha value is -3.93. The van der Waals surface area contributed by atoms with Gasteiger partial charge in [0, 0.05) is 23.2 Å². The number of methoxy groups -OCH3 is 1. The summed E-state index contributed by atoms with van der Waals surface area (Å²) in [6.45, 7) is 4.58. The second-order valence-electron chi connectivity index (χ2n) is 7.68. The van der Waals surface area contributed by atoms with Crippen LogP contribution >= 0.6 is 0 Å². The molecule has 0 aliphatic heterocycles. The zero-order valence-electron chi connectivity index (χ0n) is 18.4. The van der Waals surface area contributed by atoms with Gasteiger partial charge in [0.2, 0.25) is 11.8 Å². The monoisotopic (exact) mass is 427 g/mol. The molecule has 0 fully saturated rings. The number of aryl methyl sites for hydroxylation is 2. The van der Waals surface area contributed by atoms with Crippen molar-refractivity contribution >= 4 is 5.91 Å². The van der Waals surface area contributed by atoms with Crippen LogP contribution in [0, 0.1) is 13.8 Å². The Labute approximate surface area is 187 Å². The zero-order valence-corrected chi connectivity index (χ0v) is 18.4. The van der Waals surface area contributed by atoms with Crippen LogP contribution in [0.1, 0.15) is 27.0 Å². The van der Waals surface area contributed by atoms with Gasteiger partial charge in [0.05, 0.1) is 7.11 Å². The quantitative estimate of drug-likeness (QED) is 0.449. The van der Waals surface area contributed by atoms with Crippen LogP contribution in [0.15, 0.2) is 71.1 Å². The molecule has 32 heavy (non-hydrogen) atoms. The van der Waals surface area contributed by atoms with E-state index in [1.165, 1.54) is 5.56 Å². The molecule has 1 amide bonds. The van der Waals surface area contributed by atoms with E-state index in [-0.39, 0.29) is 5.91 Å². The first-order valence-corrected chi connectivity index (χ1v) is 10.5. The smallest absolute Gasteiger partial charge is 0.251 e. The average Bonchev–Trinajstić information content (AvgIpc) is 3.30. The van der Waals surface area contributed by atoms with Crippen molar-refractivity contribution in [2.24, 2.45) is 0 Å². The van der Waals surface area contributed by atoms with Crippen molar-refractivity contribution in [1.29, 1.82) is 0 Å². The Balaban J connectivity index is 1.38. The first-order chi connectivity index (χ1) is 15.5. The molecule has 0 atom stereocenters. The summed E-state index contributed by atoms with van der Waals surface area (Å²) in [5.41, 5.74) is 5.61. The normalized spacial score (nSPS) is 10.7. The average molecular weight is 428 g/mol. The van der Waals surface area contributed by atoms with Crippen molar-refractivity contribution in [1.82, 2.24) is 15.5 Å². The van der Waals surface area contributed by atoms with Crippen molar-refractivity contribution < 1.29 is 13.9 Å². The molecule has 1 N–H and O–H groups in total. The molecule has 0 aliphatic carbocycles. The third-order valence-electron chi connectivity index (χ3n) is 5.23. The third-order valence-corrected chi connectivity index (χ3v) is 5.23. The molecular formula is C26H25N3O3. The number of benzene rings is 3. The Kier molecular flexibility index (Phi) is 6.31. The van der Waals surface area contributed by atoms with E-state index in [9.17, 15) is 4.79 Å². The Morgan fingerprint density at radius 3 is 2.09 bits per heavy atom. The van der Waals surface area contributed by atoms with Crippen LogP contribution in [-0.2, 0) is 6.42 Å². The third kappa shape index (κ3) is 4.86. The van der Waals surface area contributed by atoms with Gasteiger partial charge in [-0.3, -0.25) is 4.79 Å². The second-order valence-corrected chi connectivity index (χ2v) is 7.68. The molecule has 1 heterocycles. The van der Waals surface area contributed by atoms with Crippen LogP contribution in [0.3, 0.4) is 0 Å². The summed E-state index contributed by atoms with van der Waals surface area (Å²) in [4.78, 5) is 12.5. The summed E-state index contributed by atoms with van der Waals surface area (Å²) >= 11 is 0. The molecule has 0 saturated heterocycles. The van der Waals surface area contributed by atoms with Crippen LogP contribution in [0.5, 0.6) is 5.75 Å². The number of hydrogen-bond acceptors (Lipinski definition) is 5. The molecule has 4 rings (SSSR count). The minimum atomic E-state index is -0.131. The van der Waals surface area contributed by atoms with Crippen LogP contribution < -0.4 is 10.1 Å². The number of hydrogen-bond donors (Lipinski definition) is 1. The number of carbonyl (C=O) groups excluding carboxylic acids is 1. The van der Waals surface area contributed by atoms with Crippen LogP contribution in [0.2, 0.25) is 0 Å². The molecule has 0 saturated carbocycles. The van der Waals surface area contributed by atoms with E-state index >= 15 is 0 Å². The van der Waals surface area contributed by atoms with Gasteiger partial charge in [0.15, 0.2) is 0 Å². The molecule has 6 heteroatoms. The fourth-order valence-corrected chi connectivity index (χ4v) is 3.43. The van der Waals surface area contributed by atoms with E-state index in [2.05, 4.69) is 21.6 Å². The van der Waals surface area contributed by atoms with Gasteiger partial charge in [-0.25, -0.2) is 0 Å². The van der Waals surface area contributed by atoms with Gasteiger partial charge in [0.25, 0.3) is 5.91 Å². The first-order valence-electron chi connectivity index (χ1n) is 10.5. The van der Waals surface area contributed by atoms with E-state index in [0.29, 0.717) is 30.3 Å². The topological polar surface area (TPSA) is 77.2 Å². The molecule has 0 bridgehead atoms. The highest BCUT2D eigenvalue weighted by atomic mass is 16.5. The predicted octanol–water partition coefficient (Wildman–Crippen LogP) is 5.00. The second kappa shape index (κ2) is 9.47. The first kappa shape index (κ1) is 21.3. The lowest BCUT2D eigenvalue weighted by Crippen LogP contribution is -2.25. The number of ether oxygens (including phenoxy) is 1. The summed E-state index contributed by atoms with van der Waals surface area (Å²) in [5, 5.41) is 11.2. The van der Waals surface area contributed by atoms with Gasteiger partial charge < -0.3 is 14.5 Å². The van der Waals surface area contributed by atoms with Gasteiger partial charge >= 0.3 is 0 Å². The largest absolute Gasteiger partial charge is 0.496 e. The molecule has 0 unspecified atom stereocenters. The van der Waals surface area contributed by atoms with E-state index in [1.54, 1.807) is 19.2 Å². The highest BCUT2D eigenvalue weighted by Gasteiger charge is 2.12. The van der Waals surface area contributed by atoms with E-state index in [1.807, 2.05) is 62.4 Å². The molecular weight excluding hydrogens is 402 g/mol. The number of rotatable bonds is 7. The van der Waals surface area contributed by atoms with Crippen molar-refractivity contribution in [3.05, 3.63) is 89.0 Å². The summed E-state index contributed by atoms with van der Waals surface area (Å²) in [7, 11) is 1.65. The molecule has 0 spiro atoms. The number of nitrogens with zero attached hydrogens (tertiary/aromatic N) is 2. The lowest BCUT2D eigenvalue weighted by molar-refractivity contribution is 0.0954. The standard InChI is InChI=1S/C26H25N3O3/c1-17-4-7-20(8-5-17)25-28-29-26(32-25)21-11-9-19(10-12-21)24(30)27-15-14-22-16-18(2)6-13-23(22)31-3/h4-13,16H,14-15H2,1-3H3,(H,27,30). The van der Waals surface area contributed by atoms with E-state index < -0.39 is 0 Å². The number of nitrogens with one attached hydrogen (secondary N) is 1. The minimum Gasteiger partial charge on any atom is -0.496 e. The Morgan fingerprint density at radius 2 is 1.47 bits per heavy atom.